The molecule has 0 aliphatic carbocycles. The van der Waals surface area contributed by atoms with Crippen LogP contribution in [0, 0.1) is 0 Å². The van der Waals surface area contributed by atoms with E-state index >= 15 is 0 Å². The zero-order chi connectivity index (χ0) is 24.3. The highest BCUT2D eigenvalue weighted by Gasteiger charge is 2.11. The van der Waals surface area contributed by atoms with Gasteiger partial charge in [-0.05, 0) is 82.1 Å². The summed E-state index contributed by atoms with van der Waals surface area (Å²) in [4.78, 5) is 0. The molecule has 0 aromatic heterocycles. The summed E-state index contributed by atoms with van der Waals surface area (Å²) in [6, 6.07) is 39.9. The minimum absolute atomic E-state index is 0.803. The Bertz CT molecular complexity index is 1620. The van der Waals surface area contributed by atoms with Gasteiger partial charge in [-0.3, -0.25) is 0 Å². The highest BCUT2D eigenvalue weighted by atomic mass is 16.5. The Morgan fingerprint density at radius 2 is 1.22 bits per heavy atom. The van der Waals surface area contributed by atoms with Crippen LogP contribution < -0.4 is 10.1 Å². The van der Waals surface area contributed by atoms with E-state index in [4.69, 9.17) is 4.74 Å². The second-order valence-electron chi connectivity index (χ2n) is 8.86. The fraction of sp³-hybridized carbons (Fsp3) is 0. The molecule has 0 amide bonds. The molecule has 2 heteroatoms. The van der Waals surface area contributed by atoms with Gasteiger partial charge in [0.2, 0.25) is 0 Å². The Morgan fingerprint density at radius 1 is 0.583 bits per heavy atom. The van der Waals surface area contributed by atoms with Crippen molar-refractivity contribution in [3.8, 4) is 16.9 Å². The smallest absolute Gasteiger partial charge is 0.135 e. The SMILES string of the molecule is C=C1/C=C\C=C(\c2ccc(Nc3ccc(-c4ccc5ccccc5c4)cc3)cc2)Oc2ccccc21. The molecule has 6 rings (SSSR count). The zero-order valence-corrected chi connectivity index (χ0v) is 19.8. The molecule has 5 aromatic carbocycles. The molecule has 1 N–H and O–H groups in total. The highest BCUT2D eigenvalue weighted by molar-refractivity contribution is 5.87. The Hall–Kier alpha value is -4.82. The normalized spacial score (nSPS) is 15.1. The second kappa shape index (κ2) is 9.44. The number of ether oxygens (including phenoxy) is 1. The molecule has 1 aliphatic heterocycles. The molecule has 1 heterocycles. The van der Waals surface area contributed by atoms with E-state index in [1.165, 1.54) is 21.9 Å². The monoisotopic (exact) mass is 463 g/mol. The summed E-state index contributed by atoms with van der Waals surface area (Å²) in [5.74, 6) is 1.62. The number of nitrogens with one attached hydrogen (secondary N) is 1. The van der Waals surface area contributed by atoms with E-state index < -0.39 is 0 Å². The summed E-state index contributed by atoms with van der Waals surface area (Å²) < 4.78 is 6.26. The minimum atomic E-state index is 0.803. The second-order valence-corrected chi connectivity index (χ2v) is 8.86. The number of hydrogen-bond acceptors (Lipinski definition) is 2. The fourth-order valence-corrected chi connectivity index (χ4v) is 4.47. The van der Waals surface area contributed by atoms with Crippen LogP contribution in [-0.2, 0) is 0 Å². The van der Waals surface area contributed by atoms with Crippen molar-refractivity contribution in [2.24, 2.45) is 0 Å². The Labute approximate surface area is 211 Å². The van der Waals surface area contributed by atoms with Gasteiger partial charge in [0.1, 0.15) is 11.5 Å². The van der Waals surface area contributed by atoms with Crippen LogP contribution in [0.2, 0.25) is 0 Å². The number of fused-ring (bicyclic) bond motifs is 2. The molecule has 0 spiro atoms. The van der Waals surface area contributed by atoms with Crippen molar-refractivity contribution in [2.75, 3.05) is 5.32 Å². The lowest BCUT2D eigenvalue weighted by molar-refractivity contribution is 0.513. The van der Waals surface area contributed by atoms with Gasteiger partial charge in [0, 0.05) is 22.5 Å². The van der Waals surface area contributed by atoms with Gasteiger partial charge in [0.25, 0.3) is 0 Å². The molecule has 5 aromatic rings. The maximum atomic E-state index is 6.26. The van der Waals surface area contributed by atoms with Gasteiger partial charge in [0.05, 0.1) is 0 Å². The summed E-state index contributed by atoms with van der Waals surface area (Å²) in [6.45, 7) is 4.14. The average molecular weight is 464 g/mol. The summed E-state index contributed by atoms with van der Waals surface area (Å²) in [5, 5.41) is 6.01. The Balaban J connectivity index is 1.18. The van der Waals surface area contributed by atoms with Crippen LogP contribution in [0.5, 0.6) is 5.75 Å². The minimum Gasteiger partial charge on any atom is -0.456 e. The molecule has 2 nitrogen and oxygen atoms in total. The molecule has 0 fully saturated rings. The highest BCUT2D eigenvalue weighted by Crippen LogP contribution is 2.32. The molecule has 1 aliphatic rings. The molecule has 0 saturated carbocycles. The average Bonchev–Trinajstić information content (AvgIpc) is 2.92. The first-order valence-corrected chi connectivity index (χ1v) is 12.0. The van der Waals surface area contributed by atoms with Gasteiger partial charge in [-0.1, -0.05) is 85.5 Å². The number of para-hydroxylation sites is 1. The molecule has 36 heavy (non-hydrogen) atoms. The van der Waals surface area contributed by atoms with Gasteiger partial charge in [0.15, 0.2) is 0 Å². The van der Waals surface area contributed by atoms with E-state index in [-0.39, 0.29) is 0 Å². The number of anilines is 2. The third-order valence-electron chi connectivity index (χ3n) is 6.42. The van der Waals surface area contributed by atoms with Crippen LogP contribution in [0.4, 0.5) is 11.4 Å². The van der Waals surface area contributed by atoms with Crippen LogP contribution in [0.1, 0.15) is 11.1 Å². The quantitative estimate of drug-likeness (QED) is 0.287. The van der Waals surface area contributed by atoms with E-state index in [1.807, 2.05) is 42.5 Å². The summed E-state index contributed by atoms with van der Waals surface area (Å²) in [7, 11) is 0. The first-order valence-electron chi connectivity index (χ1n) is 12.0. The molecule has 0 bridgehead atoms. The molecule has 0 atom stereocenters. The number of benzene rings is 5. The molecule has 0 radical (unpaired) electrons. The van der Waals surface area contributed by atoms with Crippen molar-refractivity contribution in [1.82, 2.24) is 0 Å². The summed E-state index contributed by atoms with van der Waals surface area (Å²) in [5.41, 5.74) is 7.44. The van der Waals surface area contributed by atoms with Crippen LogP contribution >= 0.6 is 0 Å². The van der Waals surface area contributed by atoms with Crippen molar-refractivity contribution in [1.29, 1.82) is 0 Å². The third-order valence-corrected chi connectivity index (χ3v) is 6.42. The lowest BCUT2D eigenvalue weighted by atomic mass is 10.0. The lowest BCUT2D eigenvalue weighted by Gasteiger charge is -2.16. The van der Waals surface area contributed by atoms with Crippen LogP contribution in [0.3, 0.4) is 0 Å². The number of allylic oxidation sites excluding steroid dienone is 4. The molecular formula is C34H25NO. The first kappa shape index (κ1) is 21.7. The van der Waals surface area contributed by atoms with Gasteiger partial charge in [-0.15, -0.1) is 0 Å². The van der Waals surface area contributed by atoms with Crippen molar-refractivity contribution >= 4 is 33.5 Å². The standard InChI is InChI=1S/C34H25NO/c1-24-7-6-12-33(36-34-11-5-4-10-32(24)34)27-17-21-31(22-18-27)35-30-19-15-26(16-20-30)29-14-13-25-8-2-3-9-28(25)23-29/h2-23,35H,1H2/b7-6-,33-12-. The van der Waals surface area contributed by atoms with E-state index in [9.17, 15) is 0 Å². The van der Waals surface area contributed by atoms with E-state index in [1.54, 1.807) is 0 Å². The van der Waals surface area contributed by atoms with Crippen LogP contribution in [0.15, 0.2) is 140 Å². The van der Waals surface area contributed by atoms with Crippen molar-refractivity contribution in [2.45, 2.75) is 0 Å². The largest absolute Gasteiger partial charge is 0.456 e. The lowest BCUT2D eigenvalue weighted by Crippen LogP contribution is -1.99. The van der Waals surface area contributed by atoms with Gasteiger partial charge in [-0.25, -0.2) is 0 Å². The Kier molecular flexibility index (Phi) is 5.69. The van der Waals surface area contributed by atoms with Gasteiger partial charge in [-0.2, -0.15) is 0 Å². The van der Waals surface area contributed by atoms with Gasteiger partial charge < -0.3 is 10.1 Å². The fourth-order valence-electron chi connectivity index (χ4n) is 4.47. The third kappa shape index (κ3) is 4.45. The maximum absolute atomic E-state index is 6.26. The maximum Gasteiger partial charge on any atom is 0.135 e. The summed E-state index contributed by atoms with van der Waals surface area (Å²) >= 11 is 0. The van der Waals surface area contributed by atoms with Crippen LogP contribution in [0.25, 0.3) is 33.2 Å². The molecular weight excluding hydrogens is 438 g/mol. The van der Waals surface area contributed by atoms with Crippen molar-refractivity contribution in [3.63, 3.8) is 0 Å². The van der Waals surface area contributed by atoms with E-state index in [0.29, 0.717) is 0 Å². The zero-order valence-electron chi connectivity index (χ0n) is 19.8. The van der Waals surface area contributed by atoms with Gasteiger partial charge >= 0.3 is 0 Å². The predicted octanol–water partition coefficient (Wildman–Crippen LogP) is 9.25. The molecule has 0 saturated heterocycles. The first-order chi connectivity index (χ1) is 17.7. The number of rotatable bonds is 4. The van der Waals surface area contributed by atoms with Crippen molar-refractivity contribution < 1.29 is 4.74 Å². The topological polar surface area (TPSA) is 21.3 Å². The predicted molar refractivity (Wildman–Crippen MR) is 152 cm³/mol. The number of hydrogen-bond donors (Lipinski definition) is 1. The van der Waals surface area contributed by atoms with E-state index in [2.05, 4.69) is 103 Å². The molecule has 0 unspecified atom stereocenters. The van der Waals surface area contributed by atoms with E-state index in [0.717, 1.165) is 39.6 Å². The summed E-state index contributed by atoms with van der Waals surface area (Å²) in [6.07, 6.45) is 5.98. The Morgan fingerprint density at radius 3 is 2.00 bits per heavy atom. The van der Waals surface area contributed by atoms with Crippen molar-refractivity contribution in [3.05, 3.63) is 151 Å². The van der Waals surface area contributed by atoms with Crippen LogP contribution in [-0.4, -0.2) is 0 Å². The molecule has 172 valence electrons.